The molecule has 0 radical (unpaired) electrons. The van der Waals surface area contributed by atoms with Crippen molar-refractivity contribution in [2.75, 3.05) is 12.9 Å². The smallest absolute Gasteiger partial charge is 0.255 e. The van der Waals surface area contributed by atoms with E-state index in [0.717, 1.165) is 4.90 Å². The molecule has 0 atom stereocenters. The minimum Gasteiger partial charge on any atom is -0.332 e. The maximum atomic E-state index is 12.2. The Morgan fingerprint density at radius 3 is 2.42 bits per heavy atom. The van der Waals surface area contributed by atoms with Gasteiger partial charge >= 0.3 is 0 Å². The topological polar surface area (TPSA) is 20.3 Å². The van der Waals surface area contributed by atoms with Crippen LogP contribution in [-0.4, -0.2) is 23.7 Å². The monoisotopic (exact) mass is 291 g/mol. The second-order valence-electron chi connectivity index (χ2n) is 4.07. The van der Waals surface area contributed by atoms with Crippen LogP contribution in [0.4, 0.5) is 0 Å². The second kappa shape index (κ2) is 6.64. The maximum Gasteiger partial charge on any atom is 0.255 e. The van der Waals surface area contributed by atoms with Crippen molar-refractivity contribution in [3.05, 3.63) is 65.2 Å². The van der Waals surface area contributed by atoms with E-state index in [4.69, 9.17) is 11.6 Å². The lowest BCUT2D eigenvalue weighted by Crippen LogP contribution is -2.26. The number of hydrogen-bond acceptors (Lipinski definition) is 2. The van der Waals surface area contributed by atoms with E-state index in [0.29, 0.717) is 16.5 Å². The minimum absolute atomic E-state index is 0.0611. The van der Waals surface area contributed by atoms with Crippen LogP contribution in [0.15, 0.2) is 59.5 Å². The maximum absolute atomic E-state index is 12.2. The number of amides is 1. The first-order valence-electron chi connectivity index (χ1n) is 5.86. The molecule has 0 fully saturated rings. The number of nitrogens with zero attached hydrogens (tertiary/aromatic N) is 1. The van der Waals surface area contributed by atoms with Gasteiger partial charge in [0.25, 0.3) is 5.91 Å². The fourth-order valence-corrected chi connectivity index (χ4v) is 2.61. The van der Waals surface area contributed by atoms with Crippen LogP contribution in [0.3, 0.4) is 0 Å². The third-order valence-corrected chi connectivity index (χ3v) is 4.07. The van der Waals surface area contributed by atoms with Gasteiger partial charge in [0, 0.05) is 11.9 Å². The molecule has 0 N–H and O–H groups in total. The Hall–Kier alpha value is -1.45. The van der Waals surface area contributed by atoms with Crippen LogP contribution >= 0.6 is 23.4 Å². The predicted molar refractivity (Wildman–Crippen MR) is 80.7 cm³/mol. The average molecular weight is 292 g/mol. The van der Waals surface area contributed by atoms with Crippen LogP contribution in [0, 0.1) is 0 Å². The number of hydrogen-bond donors (Lipinski definition) is 0. The molecule has 2 rings (SSSR count). The van der Waals surface area contributed by atoms with Gasteiger partial charge in [-0.1, -0.05) is 41.9 Å². The zero-order valence-corrected chi connectivity index (χ0v) is 12.1. The van der Waals surface area contributed by atoms with Crippen molar-refractivity contribution in [1.29, 1.82) is 0 Å². The molecule has 0 spiro atoms. The summed E-state index contributed by atoms with van der Waals surface area (Å²) in [5.74, 6) is 0.530. The molecular formula is C15H14ClNOS. The average Bonchev–Trinajstić information content (AvgIpc) is 2.45. The van der Waals surface area contributed by atoms with Crippen LogP contribution < -0.4 is 0 Å². The van der Waals surface area contributed by atoms with E-state index in [1.54, 1.807) is 35.8 Å². The van der Waals surface area contributed by atoms with Gasteiger partial charge in [0.2, 0.25) is 0 Å². The Morgan fingerprint density at radius 1 is 1.11 bits per heavy atom. The summed E-state index contributed by atoms with van der Waals surface area (Å²) in [6, 6.07) is 17.1. The van der Waals surface area contributed by atoms with Gasteiger partial charge in [-0.3, -0.25) is 4.79 Å². The van der Waals surface area contributed by atoms with Crippen molar-refractivity contribution in [2.45, 2.75) is 4.90 Å². The zero-order valence-electron chi connectivity index (χ0n) is 10.5. The number of rotatable bonds is 4. The van der Waals surface area contributed by atoms with Gasteiger partial charge < -0.3 is 4.90 Å². The van der Waals surface area contributed by atoms with Crippen molar-refractivity contribution >= 4 is 29.3 Å². The number of carbonyl (C=O) groups excluding carboxylic acids is 1. The number of carbonyl (C=O) groups is 1. The number of thioether (sulfide) groups is 1. The molecule has 0 saturated heterocycles. The SMILES string of the molecule is CN(CSc1ccccc1)C(=O)c1ccccc1Cl. The van der Waals surface area contributed by atoms with Crippen molar-refractivity contribution in [3.8, 4) is 0 Å². The quantitative estimate of drug-likeness (QED) is 0.623. The summed E-state index contributed by atoms with van der Waals surface area (Å²) in [5, 5.41) is 0.490. The Bertz CT molecular complexity index is 559. The lowest BCUT2D eigenvalue weighted by Gasteiger charge is -2.17. The second-order valence-corrected chi connectivity index (χ2v) is 5.49. The zero-order chi connectivity index (χ0) is 13.7. The standard InChI is InChI=1S/C15H14ClNOS/c1-17(11-19-12-7-3-2-4-8-12)15(18)13-9-5-6-10-14(13)16/h2-10H,11H2,1H3. The van der Waals surface area contributed by atoms with Crippen LogP contribution in [0.5, 0.6) is 0 Å². The molecule has 2 nitrogen and oxygen atoms in total. The van der Waals surface area contributed by atoms with Crippen molar-refractivity contribution in [3.63, 3.8) is 0 Å². The molecule has 2 aromatic rings. The molecule has 0 aliphatic heterocycles. The third kappa shape index (κ3) is 3.75. The Kier molecular flexibility index (Phi) is 4.88. The normalized spacial score (nSPS) is 10.2. The molecule has 0 heterocycles. The molecule has 1 amide bonds. The van der Waals surface area contributed by atoms with Crippen LogP contribution in [0.1, 0.15) is 10.4 Å². The van der Waals surface area contributed by atoms with Crippen LogP contribution in [0.25, 0.3) is 0 Å². The molecule has 0 aliphatic rings. The Balaban J connectivity index is 1.99. The predicted octanol–water partition coefficient (Wildman–Crippen LogP) is 4.16. The van der Waals surface area contributed by atoms with E-state index in [2.05, 4.69) is 0 Å². The van der Waals surface area contributed by atoms with Gasteiger partial charge in [-0.2, -0.15) is 0 Å². The molecule has 19 heavy (non-hydrogen) atoms. The molecule has 2 aromatic carbocycles. The lowest BCUT2D eigenvalue weighted by atomic mass is 10.2. The summed E-state index contributed by atoms with van der Waals surface area (Å²) < 4.78 is 0. The summed E-state index contributed by atoms with van der Waals surface area (Å²) in [4.78, 5) is 15.0. The molecule has 4 heteroatoms. The van der Waals surface area contributed by atoms with Crippen molar-refractivity contribution in [1.82, 2.24) is 4.90 Å². The van der Waals surface area contributed by atoms with Gasteiger partial charge in [-0.25, -0.2) is 0 Å². The third-order valence-electron chi connectivity index (χ3n) is 2.62. The van der Waals surface area contributed by atoms with Gasteiger partial charge in [0.1, 0.15) is 0 Å². The first-order valence-corrected chi connectivity index (χ1v) is 7.22. The molecule has 0 aromatic heterocycles. The summed E-state index contributed by atoms with van der Waals surface area (Å²) in [7, 11) is 1.78. The van der Waals surface area contributed by atoms with Gasteiger partial charge in [-0.15, -0.1) is 11.8 Å². The number of halogens is 1. The highest BCUT2D eigenvalue weighted by Crippen LogP contribution is 2.21. The van der Waals surface area contributed by atoms with Gasteiger partial charge in [-0.05, 0) is 24.3 Å². The van der Waals surface area contributed by atoms with Gasteiger partial charge in [0.15, 0.2) is 0 Å². The highest BCUT2D eigenvalue weighted by atomic mass is 35.5. The van der Waals surface area contributed by atoms with E-state index < -0.39 is 0 Å². The van der Waals surface area contributed by atoms with Gasteiger partial charge in [0.05, 0.1) is 16.5 Å². The van der Waals surface area contributed by atoms with E-state index in [1.165, 1.54) is 0 Å². The van der Waals surface area contributed by atoms with Crippen LogP contribution in [-0.2, 0) is 0 Å². The first kappa shape index (κ1) is 14.0. The highest BCUT2D eigenvalue weighted by molar-refractivity contribution is 7.99. The van der Waals surface area contributed by atoms with Crippen molar-refractivity contribution in [2.24, 2.45) is 0 Å². The Morgan fingerprint density at radius 2 is 1.74 bits per heavy atom. The fraction of sp³-hybridized carbons (Fsp3) is 0.133. The summed E-state index contributed by atoms with van der Waals surface area (Å²) in [6.07, 6.45) is 0. The van der Waals surface area contributed by atoms with E-state index >= 15 is 0 Å². The minimum atomic E-state index is -0.0611. The van der Waals surface area contributed by atoms with Crippen LogP contribution in [0.2, 0.25) is 5.02 Å². The first-order chi connectivity index (χ1) is 9.18. The Labute approximate surface area is 122 Å². The largest absolute Gasteiger partial charge is 0.332 e. The molecule has 0 saturated carbocycles. The molecule has 0 bridgehead atoms. The molecule has 0 unspecified atom stereocenters. The lowest BCUT2D eigenvalue weighted by molar-refractivity contribution is 0.0820. The molecule has 98 valence electrons. The fourth-order valence-electron chi connectivity index (χ4n) is 1.59. The summed E-state index contributed by atoms with van der Waals surface area (Å²) in [5.41, 5.74) is 0.542. The van der Waals surface area contributed by atoms with E-state index in [9.17, 15) is 4.79 Å². The van der Waals surface area contributed by atoms with E-state index in [1.807, 2.05) is 42.5 Å². The highest BCUT2D eigenvalue weighted by Gasteiger charge is 2.14. The molecular weight excluding hydrogens is 278 g/mol. The summed E-state index contributed by atoms with van der Waals surface area (Å²) in [6.45, 7) is 0. The van der Waals surface area contributed by atoms with E-state index in [-0.39, 0.29) is 5.91 Å². The van der Waals surface area contributed by atoms with Crippen molar-refractivity contribution < 1.29 is 4.79 Å². The number of benzene rings is 2. The summed E-state index contributed by atoms with van der Waals surface area (Å²) >= 11 is 7.65. The molecule has 0 aliphatic carbocycles.